The zero-order valence-electron chi connectivity index (χ0n) is 13.7. The van der Waals surface area contributed by atoms with Crippen LogP contribution in [0.15, 0.2) is 23.5 Å². The second-order valence-electron chi connectivity index (χ2n) is 5.55. The molecule has 0 unspecified atom stereocenters. The molecule has 3 N–H and O–H groups in total. The van der Waals surface area contributed by atoms with Gasteiger partial charge in [0.05, 0.1) is 11.4 Å². The van der Waals surface area contributed by atoms with Crippen LogP contribution >= 0.6 is 0 Å². The first-order chi connectivity index (χ1) is 10.1. The van der Waals surface area contributed by atoms with Gasteiger partial charge < -0.3 is 20.9 Å². The van der Waals surface area contributed by atoms with Crippen LogP contribution in [-0.2, 0) is 0 Å². The number of carbonyl (C=O) groups is 1. The molecule has 0 saturated carbocycles. The maximum absolute atomic E-state index is 12.3. The van der Waals surface area contributed by atoms with Crippen LogP contribution in [0.5, 0.6) is 0 Å². The quantitative estimate of drug-likeness (QED) is 0.583. The van der Waals surface area contributed by atoms with E-state index in [-0.39, 0.29) is 6.03 Å². The topological polar surface area (TPSA) is 61.6 Å². The molecular formula is C16H30N4O. The number of rotatable bonds is 6. The maximum atomic E-state index is 12.3. The van der Waals surface area contributed by atoms with E-state index in [1.54, 1.807) is 0 Å². The summed E-state index contributed by atoms with van der Waals surface area (Å²) in [5.74, 6) is 0. The van der Waals surface area contributed by atoms with Gasteiger partial charge in [0.15, 0.2) is 0 Å². The highest BCUT2D eigenvalue weighted by Crippen LogP contribution is 2.08. The van der Waals surface area contributed by atoms with Crippen LogP contribution in [0.4, 0.5) is 4.79 Å². The number of hydrogen-bond acceptors (Lipinski definition) is 3. The Balaban J connectivity index is 2.59. The first-order valence-electron chi connectivity index (χ1n) is 7.99. The fourth-order valence-corrected chi connectivity index (χ4v) is 2.22. The number of amides is 2. The van der Waals surface area contributed by atoms with Gasteiger partial charge in [-0.25, -0.2) is 4.79 Å². The highest BCUT2D eigenvalue weighted by Gasteiger charge is 2.19. The van der Waals surface area contributed by atoms with Crippen LogP contribution in [0.2, 0.25) is 0 Å². The molecule has 0 bridgehead atoms. The van der Waals surface area contributed by atoms with Crippen molar-refractivity contribution in [3.63, 3.8) is 0 Å². The number of nitrogens with two attached hydrogens (primary N) is 1. The summed E-state index contributed by atoms with van der Waals surface area (Å²) >= 11 is 0. The van der Waals surface area contributed by atoms with Crippen molar-refractivity contribution in [3.8, 4) is 0 Å². The van der Waals surface area contributed by atoms with E-state index in [9.17, 15) is 4.79 Å². The molecular weight excluding hydrogens is 264 g/mol. The maximum Gasteiger partial charge on any atom is 0.321 e. The monoisotopic (exact) mass is 294 g/mol. The molecule has 0 aromatic carbocycles. The van der Waals surface area contributed by atoms with Gasteiger partial charge in [0.2, 0.25) is 0 Å². The molecule has 1 heterocycles. The summed E-state index contributed by atoms with van der Waals surface area (Å²) in [6.07, 6.45) is 8.05. The smallest absolute Gasteiger partial charge is 0.321 e. The predicted octanol–water partition coefficient (Wildman–Crippen LogP) is 2.27. The molecule has 0 aliphatic carbocycles. The normalized spacial score (nSPS) is 18.0. The Hall–Kier alpha value is -1.49. The first kappa shape index (κ1) is 17.6. The van der Waals surface area contributed by atoms with Crippen molar-refractivity contribution in [3.05, 3.63) is 23.5 Å². The third-order valence-electron chi connectivity index (χ3n) is 3.67. The molecule has 5 heteroatoms. The van der Waals surface area contributed by atoms with Crippen molar-refractivity contribution in [1.82, 2.24) is 15.1 Å². The van der Waals surface area contributed by atoms with Crippen molar-refractivity contribution in [2.75, 3.05) is 33.2 Å². The summed E-state index contributed by atoms with van der Waals surface area (Å²) in [6.45, 7) is 7.57. The van der Waals surface area contributed by atoms with E-state index in [4.69, 9.17) is 5.73 Å². The highest BCUT2D eigenvalue weighted by atomic mass is 16.2. The molecule has 1 rings (SSSR count). The van der Waals surface area contributed by atoms with Crippen LogP contribution in [-0.4, -0.2) is 49.1 Å². The summed E-state index contributed by atoms with van der Waals surface area (Å²) in [5, 5.41) is 2.97. The van der Waals surface area contributed by atoms with Crippen molar-refractivity contribution >= 4 is 6.03 Å². The number of allylic oxidation sites excluding steroid dienone is 2. The van der Waals surface area contributed by atoms with Gasteiger partial charge in [-0.1, -0.05) is 32.4 Å². The zero-order chi connectivity index (χ0) is 15.7. The summed E-state index contributed by atoms with van der Waals surface area (Å²) in [4.78, 5) is 16.4. The first-order valence-corrected chi connectivity index (χ1v) is 7.99. The Morgan fingerprint density at radius 2 is 1.86 bits per heavy atom. The zero-order valence-corrected chi connectivity index (χ0v) is 13.7. The second kappa shape index (κ2) is 9.45. The molecule has 1 aliphatic rings. The molecule has 0 spiro atoms. The number of piperazine rings is 1. The number of nitrogens with one attached hydrogen (secondary N) is 1. The molecule has 5 nitrogen and oxygen atoms in total. The van der Waals surface area contributed by atoms with E-state index in [1.165, 1.54) is 0 Å². The van der Waals surface area contributed by atoms with Gasteiger partial charge in [-0.05, 0) is 26.3 Å². The number of nitrogens with zero attached hydrogens (tertiary/aromatic N) is 2. The van der Waals surface area contributed by atoms with Crippen molar-refractivity contribution in [1.29, 1.82) is 0 Å². The van der Waals surface area contributed by atoms with E-state index in [0.717, 1.165) is 57.6 Å². The van der Waals surface area contributed by atoms with Crippen molar-refractivity contribution in [2.24, 2.45) is 5.73 Å². The molecule has 0 radical (unpaired) electrons. The van der Waals surface area contributed by atoms with Gasteiger partial charge in [0, 0.05) is 26.2 Å². The Morgan fingerprint density at radius 1 is 1.19 bits per heavy atom. The van der Waals surface area contributed by atoms with Gasteiger partial charge in [-0.15, -0.1) is 0 Å². The third kappa shape index (κ3) is 6.21. The average Bonchev–Trinajstić information content (AvgIpc) is 2.47. The second-order valence-corrected chi connectivity index (χ2v) is 5.55. The minimum atomic E-state index is -0.0466. The summed E-state index contributed by atoms with van der Waals surface area (Å²) in [5.41, 5.74) is 7.52. The number of urea groups is 1. The van der Waals surface area contributed by atoms with Gasteiger partial charge in [-0.2, -0.15) is 0 Å². The minimum Gasteiger partial charge on any atom is -0.397 e. The Kier molecular flexibility index (Phi) is 7.90. The number of unbranched alkanes of at least 4 members (excludes halogenated alkanes) is 2. The van der Waals surface area contributed by atoms with E-state index >= 15 is 0 Å². The molecule has 0 aromatic heterocycles. The highest BCUT2D eigenvalue weighted by molar-refractivity contribution is 5.77. The molecule has 2 amide bonds. The summed E-state index contributed by atoms with van der Waals surface area (Å²) in [6, 6.07) is -0.0466. The molecule has 21 heavy (non-hydrogen) atoms. The van der Waals surface area contributed by atoms with Crippen molar-refractivity contribution in [2.45, 2.75) is 39.5 Å². The number of likely N-dealkylation sites (N-methyl/N-ethyl adjacent to an activating group) is 1. The van der Waals surface area contributed by atoms with Gasteiger partial charge in [-0.3, -0.25) is 0 Å². The lowest BCUT2D eigenvalue weighted by Gasteiger charge is -2.32. The predicted molar refractivity (Wildman–Crippen MR) is 87.8 cm³/mol. The SMILES string of the molecule is CC/C=C(NC(=O)N1CCN(C)CC1)/C(N)=C\CCCC. The molecule has 120 valence electrons. The largest absolute Gasteiger partial charge is 0.397 e. The standard InChI is InChI=1S/C16H30N4O/c1-4-6-7-9-14(17)15(8-5-2)18-16(21)20-12-10-19(3)11-13-20/h8-9H,4-7,10-13,17H2,1-3H3,(H,18,21)/b14-9+,15-8-. The average molecular weight is 294 g/mol. The fraction of sp³-hybridized carbons (Fsp3) is 0.688. The van der Waals surface area contributed by atoms with E-state index in [2.05, 4.69) is 24.2 Å². The number of hydrogen-bond donors (Lipinski definition) is 2. The van der Waals surface area contributed by atoms with Crippen LogP contribution in [0, 0.1) is 0 Å². The molecule has 1 saturated heterocycles. The minimum absolute atomic E-state index is 0.0466. The Labute approximate surface area is 128 Å². The van der Waals surface area contributed by atoms with Gasteiger partial charge >= 0.3 is 6.03 Å². The lowest BCUT2D eigenvalue weighted by atomic mass is 10.2. The summed E-state index contributed by atoms with van der Waals surface area (Å²) in [7, 11) is 2.08. The fourth-order valence-electron chi connectivity index (χ4n) is 2.22. The Bertz CT molecular complexity index is 382. The lowest BCUT2D eigenvalue weighted by Crippen LogP contribution is -2.50. The third-order valence-corrected chi connectivity index (χ3v) is 3.67. The van der Waals surface area contributed by atoms with Gasteiger partial charge in [0.25, 0.3) is 0 Å². The lowest BCUT2D eigenvalue weighted by molar-refractivity contribution is 0.156. The van der Waals surface area contributed by atoms with E-state index < -0.39 is 0 Å². The molecule has 0 aromatic rings. The molecule has 1 fully saturated rings. The van der Waals surface area contributed by atoms with Crippen molar-refractivity contribution < 1.29 is 4.79 Å². The van der Waals surface area contributed by atoms with Crippen LogP contribution in [0.25, 0.3) is 0 Å². The van der Waals surface area contributed by atoms with Crippen LogP contribution in [0.3, 0.4) is 0 Å². The van der Waals surface area contributed by atoms with Gasteiger partial charge in [0.1, 0.15) is 0 Å². The Morgan fingerprint density at radius 3 is 2.43 bits per heavy atom. The summed E-state index contributed by atoms with van der Waals surface area (Å²) < 4.78 is 0. The molecule has 1 aliphatic heterocycles. The van der Waals surface area contributed by atoms with Crippen LogP contribution < -0.4 is 11.1 Å². The van der Waals surface area contributed by atoms with E-state index in [1.807, 2.05) is 24.0 Å². The number of carbonyl (C=O) groups excluding carboxylic acids is 1. The molecule has 0 atom stereocenters. The van der Waals surface area contributed by atoms with E-state index in [0.29, 0.717) is 5.70 Å². The van der Waals surface area contributed by atoms with Crippen LogP contribution in [0.1, 0.15) is 39.5 Å².